The minimum Gasteiger partial charge on any atom is -0.451 e. The Balaban J connectivity index is 1.62. The van der Waals surface area contributed by atoms with E-state index >= 15 is 0 Å². The Morgan fingerprint density at radius 2 is 1.60 bits per heavy atom. The van der Waals surface area contributed by atoms with Crippen LogP contribution < -0.4 is 10.6 Å². The number of carbonyl (C=O) groups excluding carboxylic acids is 2. The Kier molecular flexibility index (Phi) is 5.20. The van der Waals surface area contributed by atoms with Gasteiger partial charge in [-0.2, -0.15) is 0 Å². The van der Waals surface area contributed by atoms with Crippen LogP contribution in [0.15, 0.2) is 64.5 Å². The number of hydrogen-bond acceptors (Lipinski definition) is 6. The van der Waals surface area contributed by atoms with Crippen molar-refractivity contribution >= 4 is 11.8 Å². The molecular formula is C17H16N4O4. The third-order valence-electron chi connectivity index (χ3n) is 3.56. The normalized spacial score (nSPS) is 11.7. The molecule has 2 amide bonds. The molecule has 128 valence electrons. The van der Waals surface area contributed by atoms with E-state index in [4.69, 9.17) is 8.83 Å². The second-order valence-corrected chi connectivity index (χ2v) is 5.23. The molecule has 1 aromatic carbocycles. The van der Waals surface area contributed by atoms with Crippen LogP contribution >= 0.6 is 0 Å². The summed E-state index contributed by atoms with van der Waals surface area (Å²) in [6, 6.07) is 9.20. The molecule has 8 heteroatoms. The van der Waals surface area contributed by atoms with Crippen molar-refractivity contribution in [3.63, 3.8) is 0 Å². The molecule has 0 aliphatic rings. The number of benzene rings is 1. The molecule has 2 heterocycles. The average Bonchev–Trinajstić information content (AvgIpc) is 3.35. The molecule has 0 saturated heterocycles. The Hall–Kier alpha value is -3.42. The molecule has 0 aliphatic carbocycles. The summed E-state index contributed by atoms with van der Waals surface area (Å²) in [6.45, 7) is 0.352. The van der Waals surface area contributed by atoms with Crippen LogP contribution in [-0.4, -0.2) is 28.3 Å². The lowest BCUT2D eigenvalue weighted by molar-refractivity contribution is 0.0928. The van der Waals surface area contributed by atoms with E-state index in [0.29, 0.717) is 13.0 Å². The van der Waals surface area contributed by atoms with E-state index in [0.717, 1.165) is 5.56 Å². The van der Waals surface area contributed by atoms with Crippen LogP contribution in [0.25, 0.3) is 0 Å². The van der Waals surface area contributed by atoms with Crippen LogP contribution in [0.4, 0.5) is 0 Å². The first-order valence-electron chi connectivity index (χ1n) is 7.64. The number of rotatable bonds is 7. The summed E-state index contributed by atoms with van der Waals surface area (Å²) in [5.41, 5.74) is 1.34. The maximum absolute atomic E-state index is 12.2. The van der Waals surface area contributed by atoms with Gasteiger partial charge in [0.2, 0.25) is 0 Å². The van der Waals surface area contributed by atoms with Crippen molar-refractivity contribution in [3.05, 3.63) is 72.6 Å². The number of aromatic nitrogens is 2. The maximum Gasteiger partial charge on any atom is 0.273 e. The first kappa shape index (κ1) is 16.4. The van der Waals surface area contributed by atoms with E-state index < -0.39 is 0 Å². The number of carbonyl (C=O) groups is 2. The van der Waals surface area contributed by atoms with Crippen molar-refractivity contribution in [1.82, 2.24) is 20.6 Å². The standard InChI is InChI=1S/C17H16N4O4/c22-16(14-8-24-10-19-14)18-7-6-13(12-4-2-1-3-5-12)21-17(23)15-9-25-11-20-15/h1-5,8-11,13H,6-7H2,(H,18,22)(H,21,23). The Morgan fingerprint density at radius 3 is 2.20 bits per heavy atom. The van der Waals surface area contributed by atoms with Crippen LogP contribution in [0.5, 0.6) is 0 Å². The van der Waals surface area contributed by atoms with E-state index in [1.54, 1.807) is 0 Å². The van der Waals surface area contributed by atoms with Crippen molar-refractivity contribution in [1.29, 1.82) is 0 Å². The predicted octanol–water partition coefficient (Wildman–Crippen LogP) is 1.95. The molecule has 8 nitrogen and oxygen atoms in total. The number of hydrogen-bond donors (Lipinski definition) is 2. The quantitative estimate of drug-likeness (QED) is 0.680. The molecule has 3 rings (SSSR count). The first-order valence-corrected chi connectivity index (χ1v) is 7.64. The third kappa shape index (κ3) is 4.31. The highest BCUT2D eigenvalue weighted by Gasteiger charge is 2.18. The minimum absolute atomic E-state index is 0.201. The minimum atomic E-state index is -0.342. The van der Waals surface area contributed by atoms with Crippen molar-refractivity contribution in [2.75, 3.05) is 6.54 Å². The fraction of sp³-hybridized carbons (Fsp3) is 0.176. The smallest absolute Gasteiger partial charge is 0.273 e. The second kappa shape index (κ2) is 7.91. The first-order chi connectivity index (χ1) is 12.2. The van der Waals surface area contributed by atoms with E-state index in [2.05, 4.69) is 20.6 Å². The molecule has 0 bridgehead atoms. The highest BCUT2D eigenvalue weighted by molar-refractivity contribution is 5.92. The molecule has 0 aliphatic heterocycles. The zero-order chi connectivity index (χ0) is 17.5. The van der Waals surface area contributed by atoms with Crippen molar-refractivity contribution in [2.45, 2.75) is 12.5 Å². The molecular weight excluding hydrogens is 324 g/mol. The summed E-state index contributed by atoms with van der Waals surface area (Å²) in [5, 5.41) is 5.64. The summed E-state index contributed by atoms with van der Waals surface area (Å²) >= 11 is 0. The van der Waals surface area contributed by atoms with Crippen LogP contribution in [0.1, 0.15) is 39.0 Å². The molecule has 3 aromatic rings. The molecule has 1 atom stereocenters. The highest BCUT2D eigenvalue weighted by atomic mass is 16.3. The lowest BCUT2D eigenvalue weighted by atomic mass is 10.0. The molecule has 0 fully saturated rings. The van der Waals surface area contributed by atoms with Crippen LogP contribution in [0.3, 0.4) is 0 Å². The van der Waals surface area contributed by atoms with Gasteiger partial charge in [-0.05, 0) is 12.0 Å². The molecule has 1 unspecified atom stereocenters. The lowest BCUT2D eigenvalue weighted by Gasteiger charge is -2.19. The molecule has 25 heavy (non-hydrogen) atoms. The highest BCUT2D eigenvalue weighted by Crippen LogP contribution is 2.16. The Bertz CT molecular complexity index is 801. The van der Waals surface area contributed by atoms with Gasteiger partial charge in [0.15, 0.2) is 24.2 Å². The zero-order valence-corrected chi connectivity index (χ0v) is 13.2. The van der Waals surface area contributed by atoms with Gasteiger partial charge in [0.25, 0.3) is 11.8 Å². The summed E-state index contributed by atoms with van der Waals surface area (Å²) in [4.78, 5) is 31.7. The monoisotopic (exact) mass is 340 g/mol. The van der Waals surface area contributed by atoms with E-state index in [-0.39, 0.29) is 29.2 Å². The lowest BCUT2D eigenvalue weighted by Crippen LogP contribution is -2.33. The fourth-order valence-corrected chi connectivity index (χ4v) is 2.31. The van der Waals surface area contributed by atoms with Gasteiger partial charge >= 0.3 is 0 Å². The molecule has 2 aromatic heterocycles. The van der Waals surface area contributed by atoms with E-state index in [9.17, 15) is 9.59 Å². The Morgan fingerprint density at radius 1 is 0.960 bits per heavy atom. The van der Waals surface area contributed by atoms with Gasteiger partial charge < -0.3 is 19.5 Å². The van der Waals surface area contributed by atoms with Crippen molar-refractivity contribution < 1.29 is 18.4 Å². The van der Waals surface area contributed by atoms with E-state index in [1.807, 2.05) is 30.3 Å². The molecule has 0 spiro atoms. The average molecular weight is 340 g/mol. The maximum atomic E-state index is 12.2. The van der Waals surface area contributed by atoms with Gasteiger partial charge in [0.05, 0.1) is 6.04 Å². The number of nitrogens with zero attached hydrogens (tertiary/aromatic N) is 2. The van der Waals surface area contributed by atoms with Gasteiger partial charge in [-0.1, -0.05) is 30.3 Å². The number of oxazole rings is 2. The van der Waals surface area contributed by atoms with Gasteiger partial charge in [0.1, 0.15) is 12.5 Å². The Labute approximate surface area is 143 Å². The van der Waals surface area contributed by atoms with E-state index in [1.165, 1.54) is 25.3 Å². The topological polar surface area (TPSA) is 110 Å². The van der Waals surface area contributed by atoms with Crippen molar-refractivity contribution in [2.24, 2.45) is 0 Å². The zero-order valence-electron chi connectivity index (χ0n) is 13.2. The SMILES string of the molecule is O=C(NCCC(NC(=O)c1cocn1)c1ccccc1)c1cocn1. The summed E-state index contributed by atoms with van der Waals surface area (Å²) < 4.78 is 9.61. The van der Waals surface area contributed by atoms with Gasteiger partial charge in [-0.3, -0.25) is 9.59 Å². The van der Waals surface area contributed by atoms with Gasteiger partial charge in [-0.15, -0.1) is 0 Å². The van der Waals surface area contributed by atoms with Crippen LogP contribution in [-0.2, 0) is 0 Å². The van der Waals surface area contributed by atoms with Crippen molar-refractivity contribution in [3.8, 4) is 0 Å². The number of amides is 2. The number of nitrogens with one attached hydrogen (secondary N) is 2. The fourth-order valence-electron chi connectivity index (χ4n) is 2.31. The largest absolute Gasteiger partial charge is 0.451 e. The molecule has 0 saturated carbocycles. The second-order valence-electron chi connectivity index (χ2n) is 5.23. The molecule has 0 radical (unpaired) electrons. The summed E-state index contributed by atoms with van der Waals surface area (Å²) in [6.07, 6.45) is 5.45. The van der Waals surface area contributed by atoms with Gasteiger partial charge in [-0.25, -0.2) is 9.97 Å². The predicted molar refractivity (Wildman–Crippen MR) is 86.6 cm³/mol. The van der Waals surface area contributed by atoms with Crippen LogP contribution in [0, 0.1) is 0 Å². The van der Waals surface area contributed by atoms with Crippen LogP contribution in [0.2, 0.25) is 0 Å². The molecule has 2 N–H and O–H groups in total. The third-order valence-corrected chi connectivity index (χ3v) is 3.56. The summed E-state index contributed by atoms with van der Waals surface area (Å²) in [5.74, 6) is -0.672. The van der Waals surface area contributed by atoms with Gasteiger partial charge in [0, 0.05) is 6.54 Å². The summed E-state index contributed by atoms with van der Waals surface area (Å²) in [7, 11) is 0.